The van der Waals surface area contributed by atoms with Crippen molar-refractivity contribution < 1.29 is 13.2 Å². The summed E-state index contributed by atoms with van der Waals surface area (Å²) in [6, 6.07) is 3.02. The Morgan fingerprint density at radius 1 is 1.17 bits per heavy atom. The minimum absolute atomic E-state index is 0.489. The fourth-order valence-electron chi connectivity index (χ4n) is 2.25. The number of rotatable bonds is 3. The molecule has 0 saturated heterocycles. The van der Waals surface area contributed by atoms with E-state index in [-0.39, 0.29) is 0 Å². The van der Waals surface area contributed by atoms with Gasteiger partial charge in [0.15, 0.2) is 0 Å². The highest BCUT2D eigenvalue weighted by Gasteiger charge is 2.30. The van der Waals surface area contributed by atoms with Crippen molar-refractivity contribution in [3.8, 4) is 0 Å². The monoisotopic (exact) mass is 258 g/mol. The third-order valence-electron chi connectivity index (χ3n) is 3.33. The molecule has 1 heterocycles. The molecule has 2 rings (SSSR count). The molecule has 0 aromatic carbocycles. The summed E-state index contributed by atoms with van der Waals surface area (Å²) in [6.07, 6.45) is 2.66. The fraction of sp³-hybridized carbons (Fsp3) is 0.615. The van der Waals surface area contributed by atoms with Crippen molar-refractivity contribution in [1.29, 1.82) is 0 Å². The number of nitrogens with zero attached hydrogens (tertiary/aromatic N) is 1. The van der Waals surface area contributed by atoms with E-state index in [1.807, 2.05) is 0 Å². The molecule has 0 bridgehead atoms. The number of aromatic nitrogens is 1. The van der Waals surface area contributed by atoms with Crippen LogP contribution in [0.15, 0.2) is 18.3 Å². The molecule has 2 nitrogen and oxygen atoms in total. The number of hydrogen-bond acceptors (Lipinski definition) is 2. The second-order valence-corrected chi connectivity index (χ2v) is 4.75. The number of nitrogens with one attached hydrogen (secondary N) is 1. The zero-order valence-corrected chi connectivity index (χ0v) is 10.1. The SMILES string of the molecule is FC(F)(F)c1ccc(CNC2CCCCC2)nc1. The lowest BCUT2D eigenvalue weighted by atomic mass is 9.95. The average molecular weight is 258 g/mol. The van der Waals surface area contributed by atoms with Crippen LogP contribution in [0.3, 0.4) is 0 Å². The lowest BCUT2D eigenvalue weighted by molar-refractivity contribution is -0.137. The summed E-state index contributed by atoms with van der Waals surface area (Å²) in [4.78, 5) is 3.85. The van der Waals surface area contributed by atoms with Crippen molar-refractivity contribution >= 4 is 0 Å². The first-order valence-corrected chi connectivity index (χ1v) is 6.31. The van der Waals surface area contributed by atoms with Crippen molar-refractivity contribution in [3.63, 3.8) is 0 Å². The predicted octanol–water partition coefficient (Wildman–Crippen LogP) is 3.52. The van der Waals surface area contributed by atoms with Crippen molar-refractivity contribution in [1.82, 2.24) is 10.3 Å². The van der Waals surface area contributed by atoms with Gasteiger partial charge in [0.25, 0.3) is 0 Å². The van der Waals surface area contributed by atoms with Crippen LogP contribution in [0.25, 0.3) is 0 Å². The molecule has 5 heteroatoms. The van der Waals surface area contributed by atoms with E-state index >= 15 is 0 Å². The molecular formula is C13H17F3N2. The van der Waals surface area contributed by atoms with Gasteiger partial charge in [0.2, 0.25) is 0 Å². The summed E-state index contributed by atoms with van der Waals surface area (Å²) < 4.78 is 37.0. The van der Waals surface area contributed by atoms with E-state index in [4.69, 9.17) is 0 Å². The molecule has 1 aliphatic carbocycles. The zero-order chi connectivity index (χ0) is 13.0. The molecule has 0 spiro atoms. The molecule has 0 amide bonds. The second kappa shape index (κ2) is 5.69. The minimum Gasteiger partial charge on any atom is -0.308 e. The van der Waals surface area contributed by atoms with E-state index < -0.39 is 11.7 Å². The normalized spacial score (nSPS) is 17.9. The van der Waals surface area contributed by atoms with E-state index in [0.717, 1.165) is 25.1 Å². The van der Waals surface area contributed by atoms with Gasteiger partial charge in [-0.05, 0) is 25.0 Å². The third-order valence-corrected chi connectivity index (χ3v) is 3.33. The summed E-state index contributed by atoms with van der Waals surface area (Å²) in [5, 5.41) is 3.35. The van der Waals surface area contributed by atoms with Crippen LogP contribution in [0.1, 0.15) is 43.4 Å². The summed E-state index contributed by atoms with van der Waals surface area (Å²) in [5.41, 5.74) is -0.0301. The van der Waals surface area contributed by atoms with Crippen molar-refractivity contribution in [2.45, 2.75) is 50.9 Å². The molecule has 18 heavy (non-hydrogen) atoms. The Labute approximate surface area is 105 Å². The van der Waals surface area contributed by atoms with Crippen LogP contribution < -0.4 is 5.32 Å². The summed E-state index contributed by atoms with van der Waals surface area (Å²) in [5.74, 6) is 0. The van der Waals surface area contributed by atoms with Crippen molar-refractivity contribution in [2.75, 3.05) is 0 Å². The fourth-order valence-corrected chi connectivity index (χ4v) is 2.25. The van der Waals surface area contributed by atoms with E-state index in [2.05, 4.69) is 10.3 Å². The molecule has 1 aromatic rings. The van der Waals surface area contributed by atoms with Crippen LogP contribution in [0, 0.1) is 0 Å². The first kappa shape index (κ1) is 13.3. The number of pyridine rings is 1. The highest BCUT2D eigenvalue weighted by molar-refractivity contribution is 5.16. The third kappa shape index (κ3) is 3.70. The first-order valence-electron chi connectivity index (χ1n) is 6.31. The lowest BCUT2D eigenvalue weighted by Gasteiger charge is -2.22. The van der Waals surface area contributed by atoms with Gasteiger partial charge in [-0.2, -0.15) is 13.2 Å². The first-order chi connectivity index (χ1) is 8.55. The summed E-state index contributed by atoms with van der Waals surface area (Å²) in [7, 11) is 0. The Hall–Kier alpha value is -1.10. The molecule has 1 N–H and O–H groups in total. The van der Waals surface area contributed by atoms with E-state index in [1.165, 1.54) is 25.3 Å². The highest BCUT2D eigenvalue weighted by Crippen LogP contribution is 2.28. The predicted molar refractivity (Wildman–Crippen MR) is 63.0 cm³/mol. The molecule has 0 aliphatic heterocycles. The Morgan fingerprint density at radius 3 is 2.44 bits per heavy atom. The zero-order valence-electron chi connectivity index (χ0n) is 10.1. The molecule has 1 saturated carbocycles. The Balaban J connectivity index is 1.86. The van der Waals surface area contributed by atoms with E-state index in [0.29, 0.717) is 18.3 Å². The van der Waals surface area contributed by atoms with Crippen molar-refractivity contribution in [3.05, 3.63) is 29.6 Å². The van der Waals surface area contributed by atoms with Crippen LogP contribution in [0.4, 0.5) is 13.2 Å². The van der Waals surface area contributed by atoms with Crippen molar-refractivity contribution in [2.24, 2.45) is 0 Å². The van der Waals surface area contributed by atoms with Gasteiger partial charge < -0.3 is 5.32 Å². The topological polar surface area (TPSA) is 24.9 Å². The van der Waals surface area contributed by atoms with Gasteiger partial charge in [0, 0.05) is 18.8 Å². The number of hydrogen-bond donors (Lipinski definition) is 1. The maximum absolute atomic E-state index is 12.3. The minimum atomic E-state index is -4.30. The summed E-state index contributed by atoms with van der Waals surface area (Å²) in [6.45, 7) is 0.544. The smallest absolute Gasteiger partial charge is 0.308 e. The van der Waals surface area contributed by atoms with Gasteiger partial charge in [-0.1, -0.05) is 19.3 Å². The molecule has 100 valence electrons. The Bertz CT molecular complexity index is 367. The average Bonchev–Trinajstić information content (AvgIpc) is 2.37. The van der Waals surface area contributed by atoms with Gasteiger partial charge in [-0.3, -0.25) is 4.98 Å². The van der Waals surface area contributed by atoms with Crippen LogP contribution >= 0.6 is 0 Å². The molecule has 1 fully saturated rings. The Kier molecular flexibility index (Phi) is 4.22. The highest BCUT2D eigenvalue weighted by atomic mass is 19.4. The molecule has 0 atom stereocenters. The Morgan fingerprint density at radius 2 is 1.89 bits per heavy atom. The van der Waals surface area contributed by atoms with Crippen LogP contribution in [0.2, 0.25) is 0 Å². The van der Waals surface area contributed by atoms with Gasteiger partial charge in [-0.25, -0.2) is 0 Å². The van der Waals surface area contributed by atoms with Crippen LogP contribution in [-0.2, 0) is 12.7 Å². The maximum atomic E-state index is 12.3. The molecule has 0 radical (unpaired) electrons. The molecule has 0 unspecified atom stereocenters. The number of alkyl halides is 3. The van der Waals surface area contributed by atoms with Gasteiger partial charge >= 0.3 is 6.18 Å². The lowest BCUT2D eigenvalue weighted by Crippen LogP contribution is -2.30. The molecular weight excluding hydrogens is 241 g/mol. The van der Waals surface area contributed by atoms with Gasteiger partial charge in [0.05, 0.1) is 11.3 Å². The summed E-state index contributed by atoms with van der Waals surface area (Å²) >= 11 is 0. The van der Waals surface area contributed by atoms with E-state index in [9.17, 15) is 13.2 Å². The maximum Gasteiger partial charge on any atom is 0.417 e. The second-order valence-electron chi connectivity index (χ2n) is 4.75. The largest absolute Gasteiger partial charge is 0.417 e. The van der Waals surface area contributed by atoms with Gasteiger partial charge in [0.1, 0.15) is 0 Å². The van der Waals surface area contributed by atoms with Crippen LogP contribution in [-0.4, -0.2) is 11.0 Å². The molecule has 1 aliphatic rings. The van der Waals surface area contributed by atoms with Crippen LogP contribution in [0.5, 0.6) is 0 Å². The standard InChI is InChI=1S/C13H17F3N2/c14-13(15,16)10-6-7-12(17-8-10)9-18-11-4-2-1-3-5-11/h6-8,11,18H,1-5,9H2. The number of halogens is 3. The van der Waals surface area contributed by atoms with E-state index in [1.54, 1.807) is 0 Å². The quantitative estimate of drug-likeness (QED) is 0.897. The molecule has 1 aromatic heterocycles. The van der Waals surface area contributed by atoms with Gasteiger partial charge in [-0.15, -0.1) is 0 Å².